The fourth-order valence-electron chi connectivity index (χ4n) is 1.79. The zero-order chi connectivity index (χ0) is 11.8. The van der Waals surface area contributed by atoms with Crippen molar-refractivity contribution in [1.29, 1.82) is 0 Å². The van der Waals surface area contributed by atoms with Gasteiger partial charge < -0.3 is 11.1 Å². The average molecular weight is 218 g/mol. The van der Waals surface area contributed by atoms with Gasteiger partial charge in [0.2, 0.25) is 5.91 Å². The molecule has 16 heavy (non-hydrogen) atoms. The van der Waals surface area contributed by atoms with Crippen molar-refractivity contribution in [2.75, 3.05) is 0 Å². The quantitative estimate of drug-likeness (QED) is 0.809. The third-order valence-electron chi connectivity index (χ3n) is 3.27. The Morgan fingerprint density at radius 2 is 2.00 bits per heavy atom. The molecule has 3 nitrogen and oxygen atoms in total. The summed E-state index contributed by atoms with van der Waals surface area (Å²) in [7, 11) is 0. The number of hydrogen-bond donors (Lipinski definition) is 2. The fraction of sp³-hybridized carbons (Fsp3) is 0.462. The molecule has 0 aliphatic heterocycles. The highest BCUT2D eigenvalue weighted by atomic mass is 16.2. The molecule has 1 aliphatic carbocycles. The van der Waals surface area contributed by atoms with Crippen LogP contribution in [0.4, 0.5) is 0 Å². The van der Waals surface area contributed by atoms with E-state index in [2.05, 4.69) is 19.2 Å². The number of nitrogens with two attached hydrogens (primary N) is 1. The van der Waals surface area contributed by atoms with E-state index in [0.29, 0.717) is 0 Å². The predicted octanol–water partition coefficient (Wildman–Crippen LogP) is 1.60. The van der Waals surface area contributed by atoms with Gasteiger partial charge in [0.05, 0.1) is 0 Å². The highest BCUT2D eigenvalue weighted by Gasteiger charge is 2.46. The molecule has 3 heteroatoms. The first kappa shape index (κ1) is 11.1. The number of carbonyl (C=O) groups is 1. The van der Waals surface area contributed by atoms with Crippen molar-refractivity contribution < 1.29 is 4.79 Å². The molecule has 1 fully saturated rings. The topological polar surface area (TPSA) is 55.1 Å². The smallest absolute Gasteiger partial charge is 0.241 e. The number of benzene rings is 1. The molecule has 0 bridgehead atoms. The van der Waals surface area contributed by atoms with E-state index in [1.54, 1.807) is 0 Å². The van der Waals surface area contributed by atoms with Crippen molar-refractivity contribution in [3.8, 4) is 0 Å². The number of carbonyl (C=O) groups excluding carboxylic acids is 1. The molecule has 1 aromatic rings. The summed E-state index contributed by atoms with van der Waals surface area (Å²) in [5.74, 6) is -0.0817. The molecule has 1 unspecified atom stereocenters. The van der Waals surface area contributed by atoms with E-state index < -0.39 is 6.04 Å². The summed E-state index contributed by atoms with van der Waals surface area (Å²) in [5, 5.41) is 2.98. The van der Waals surface area contributed by atoms with E-state index >= 15 is 0 Å². The molecule has 1 aliphatic rings. The Kier molecular flexibility index (Phi) is 2.72. The van der Waals surface area contributed by atoms with Crippen molar-refractivity contribution in [2.45, 2.75) is 32.4 Å². The van der Waals surface area contributed by atoms with Gasteiger partial charge in [-0.05, 0) is 17.4 Å². The van der Waals surface area contributed by atoms with Gasteiger partial charge in [-0.1, -0.05) is 44.2 Å². The summed E-state index contributed by atoms with van der Waals surface area (Å²) in [6.45, 7) is 4.29. The molecule has 86 valence electrons. The maximum Gasteiger partial charge on any atom is 0.241 e. The van der Waals surface area contributed by atoms with Crippen LogP contribution in [0.5, 0.6) is 0 Å². The monoisotopic (exact) mass is 218 g/mol. The second kappa shape index (κ2) is 3.91. The van der Waals surface area contributed by atoms with Crippen LogP contribution in [0.1, 0.15) is 31.9 Å². The first-order chi connectivity index (χ1) is 7.50. The first-order valence-electron chi connectivity index (χ1n) is 5.61. The lowest BCUT2D eigenvalue weighted by molar-refractivity contribution is -0.122. The molecular weight excluding hydrogens is 200 g/mol. The van der Waals surface area contributed by atoms with Crippen LogP contribution in [0.3, 0.4) is 0 Å². The lowest BCUT2D eigenvalue weighted by Crippen LogP contribution is -2.36. The standard InChI is InChI=1S/C13H18N2O/c1-13(2)8-10(13)15-12(16)11(14)9-6-4-3-5-7-9/h3-7,10-11H,8,14H2,1-2H3,(H,15,16)/t10?,11-/m0/s1. The normalized spacial score (nSPS) is 23.6. The van der Waals surface area contributed by atoms with Crippen molar-refractivity contribution in [3.05, 3.63) is 35.9 Å². The predicted molar refractivity (Wildman–Crippen MR) is 63.7 cm³/mol. The molecule has 3 N–H and O–H groups in total. The molecule has 0 spiro atoms. The summed E-state index contributed by atoms with van der Waals surface area (Å²) in [5.41, 5.74) is 6.99. The van der Waals surface area contributed by atoms with Gasteiger partial charge in [-0.15, -0.1) is 0 Å². The van der Waals surface area contributed by atoms with Gasteiger partial charge in [0.1, 0.15) is 6.04 Å². The van der Waals surface area contributed by atoms with Crippen LogP contribution in [0.15, 0.2) is 30.3 Å². The van der Waals surface area contributed by atoms with Crippen LogP contribution >= 0.6 is 0 Å². The number of nitrogens with one attached hydrogen (secondary N) is 1. The Hall–Kier alpha value is -1.35. The van der Waals surface area contributed by atoms with Crippen LogP contribution in [0.25, 0.3) is 0 Å². The minimum Gasteiger partial charge on any atom is -0.351 e. The second-order valence-electron chi connectivity index (χ2n) is 5.14. The van der Waals surface area contributed by atoms with Gasteiger partial charge in [0, 0.05) is 6.04 Å². The van der Waals surface area contributed by atoms with E-state index in [9.17, 15) is 4.79 Å². The van der Waals surface area contributed by atoms with Crippen LogP contribution in [-0.2, 0) is 4.79 Å². The summed E-state index contributed by atoms with van der Waals surface area (Å²) in [4.78, 5) is 11.8. The van der Waals surface area contributed by atoms with Crippen LogP contribution in [0.2, 0.25) is 0 Å². The Morgan fingerprint density at radius 1 is 1.44 bits per heavy atom. The zero-order valence-corrected chi connectivity index (χ0v) is 9.73. The van der Waals surface area contributed by atoms with Gasteiger partial charge in [-0.3, -0.25) is 4.79 Å². The molecule has 0 aromatic heterocycles. The minimum absolute atomic E-state index is 0.0817. The largest absolute Gasteiger partial charge is 0.351 e. The molecule has 2 atom stereocenters. The maximum atomic E-state index is 11.8. The van der Waals surface area contributed by atoms with Crippen LogP contribution in [-0.4, -0.2) is 11.9 Å². The highest BCUT2D eigenvalue weighted by Crippen LogP contribution is 2.44. The van der Waals surface area contributed by atoms with Crippen molar-refractivity contribution in [2.24, 2.45) is 11.1 Å². The van der Waals surface area contributed by atoms with E-state index in [-0.39, 0.29) is 17.4 Å². The Bertz CT molecular complexity index is 386. The average Bonchev–Trinajstić information content (AvgIpc) is 2.86. The van der Waals surface area contributed by atoms with E-state index in [4.69, 9.17) is 5.73 Å². The maximum absolute atomic E-state index is 11.8. The first-order valence-corrected chi connectivity index (χ1v) is 5.61. The zero-order valence-electron chi connectivity index (χ0n) is 9.73. The lowest BCUT2D eigenvalue weighted by atomic mass is 10.1. The van der Waals surface area contributed by atoms with Crippen molar-refractivity contribution >= 4 is 5.91 Å². The molecule has 1 aromatic carbocycles. The van der Waals surface area contributed by atoms with Crippen molar-refractivity contribution in [1.82, 2.24) is 5.32 Å². The molecule has 0 radical (unpaired) electrons. The lowest BCUT2D eigenvalue weighted by Gasteiger charge is -2.13. The molecular formula is C13H18N2O. The summed E-state index contributed by atoms with van der Waals surface area (Å²) >= 11 is 0. The molecule has 0 heterocycles. The third-order valence-corrected chi connectivity index (χ3v) is 3.27. The summed E-state index contributed by atoms with van der Waals surface area (Å²) in [6.07, 6.45) is 1.04. The van der Waals surface area contributed by atoms with Gasteiger partial charge in [0.25, 0.3) is 0 Å². The van der Waals surface area contributed by atoms with Crippen LogP contribution < -0.4 is 11.1 Å². The highest BCUT2D eigenvalue weighted by molar-refractivity contribution is 5.83. The van der Waals surface area contributed by atoms with E-state index in [1.165, 1.54) is 0 Å². The minimum atomic E-state index is -0.558. The SMILES string of the molecule is CC1(C)CC1NC(=O)[C@@H](N)c1ccccc1. The molecule has 1 amide bonds. The second-order valence-corrected chi connectivity index (χ2v) is 5.14. The molecule has 2 rings (SSSR count). The number of hydrogen-bond acceptors (Lipinski definition) is 2. The third kappa shape index (κ3) is 2.25. The fourth-order valence-corrected chi connectivity index (χ4v) is 1.79. The molecule has 0 saturated heterocycles. The number of amides is 1. The number of rotatable bonds is 3. The Morgan fingerprint density at radius 3 is 2.50 bits per heavy atom. The van der Waals surface area contributed by atoms with Crippen LogP contribution in [0, 0.1) is 5.41 Å². The van der Waals surface area contributed by atoms with Crippen molar-refractivity contribution in [3.63, 3.8) is 0 Å². The Labute approximate surface area is 96.0 Å². The Balaban J connectivity index is 1.96. The summed E-state index contributed by atoms with van der Waals surface area (Å²) in [6, 6.07) is 9.18. The van der Waals surface area contributed by atoms with Gasteiger partial charge in [-0.25, -0.2) is 0 Å². The van der Waals surface area contributed by atoms with Gasteiger partial charge in [-0.2, -0.15) is 0 Å². The van der Waals surface area contributed by atoms with E-state index in [1.807, 2.05) is 30.3 Å². The van der Waals surface area contributed by atoms with Gasteiger partial charge >= 0.3 is 0 Å². The summed E-state index contributed by atoms with van der Waals surface area (Å²) < 4.78 is 0. The van der Waals surface area contributed by atoms with Gasteiger partial charge in [0.15, 0.2) is 0 Å². The molecule has 1 saturated carbocycles. The van der Waals surface area contributed by atoms with E-state index in [0.717, 1.165) is 12.0 Å².